The van der Waals surface area contributed by atoms with Crippen LogP contribution in [0.25, 0.3) is 0 Å². The molecule has 10 heteroatoms. The van der Waals surface area contributed by atoms with Gasteiger partial charge in [-0.05, 0) is 79.4 Å². The second kappa shape index (κ2) is 13.6. The molecule has 3 aromatic rings. The van der Waals surface area contributed by atoms with Crippen LogP contribution in [0.4, 0.5) is 20.6 Å². The van der Waals surface area contributed by atoms with Crippen LogP contribution < -0.4 is 19.7 Å². The van der Waals surface area contributed by atoms with Gasteiger partial charge in [0.2, 0.25) is 10.0 Å². The number of unbranched alkanes of at least 4 members (excludes halogenated alkanes) is 1. The van der Waals surface area contributed by atoms with E-state index < -0.39 is 10.0 Å². The molecule has 0 unspecified atom stereocenters. The molecule has 1 aliphatic heterocycles. The first-order valence-corrected chi connectivity index (χ1v) is 15.5. The Bertz CT molecular complexity index is 1360. The van der Waals surface area contributed by atoms with Gasteiger partial charge in [0.1, 0.15) is 17.3 Å². The van der Waals surface area contributed by atoms with Crippen LogP contribution in [-0.2, 0) is 16.6 Å². The second-order valence-corrected chi connectivity index (χ2v) is 11.9. The first-order valence-electron chi connectivity index (χ1n) is 13.6. The molecule has 8 nitrogen and oxygen atoms in total. The van der Waals surface area contributed by atoms with Crippen molar-refractivity contribution in [1.82, 2.24) is 10.2 Å². The highest BCUT2D eigenvalue weighted by atomic mass is 32.2. The van der Waals surface area contributed by atoms with Gasteiger partial charge in [0.05, 0.1) is 6.26 Å². The predicted molar refractivity (Wildman–Crippen MR) is 157 cm³/mol. The van der Waals surface area contributed by atoms with Crippen molar-refractivity contribution < 1.29 is 22.3 Å². The minimum absolute atomic E-state index is 0.0798. The molecule has 1 heterocycles. The van der Waals surface area contributed by atoms with Gasteiger partial charge in [-0.15, -0.1) is 0 Å². The number of carbonyl (C=O) groups excluding carboxylic acids is 1. The van der Waals surface area contributed by atoms with Gasteiger partial charge in [0.25, 0.3) is 0 Å². The molecule has 0 spiro atoms. The molecule has 0 saturated carbocycles. The number of ether oxygens (including phenoxy) is 1. The number of urea groups is 1. The standard InChI is InChI=1S/C30H37FN4O4S/c1-3-4-18-35(27-7-5-6-24(31)21-27)30(36)32-25-16-19-34(20-17-25)22-23-8-12-28(13-9-23)39-29-14-10-26(11-15-29)33-40(2,37)38/h5-15,21,25,33H,3-4,16-20,22H2,1-2H3,(H,32,36). The van der Waals surface area contributed by atoms with Gasteiger partial charge >= 0.3 is 6.03 Å². The molecule has 0 aromatic heterocycles. The summed E-state index contributed by atoms with van der Waals surface area (Å²) in [6.07, 6.45) is 4.60. The zero-order chi connectivity index (χ0) is 28.5. The summed E-state index contributed by atoms with van der Waals surface area (Å²) < 4.78 is 44.8. The van der Waals surface area contributed by atoms with E-state index in [1.54, 1.807) is 41.3 Å². The van der Waals surface area contributed by atoms with Crippen molar-refractivity contribution in [3.8, 4) is 11.5 Å². The number of sulfonamides is 1. The maximum Gasteiger partial charge on any atom is 0.322 e. The molecule has 3 aromatic carbocycles. The number of nitrogens with one attached hydrogen (secondary N) is 2. The van der Waals surface area contributed by atoms with Gasteiger partial charge in [-0.25, -0.2) is 17.6 Å². The highest BCUT2D eigenvalue weighted by molar-refractivity contribution is 7.92. The van der Waals surface area contributed by atoms with E-state index in [-0.39, 0.29) is 17.9 Å². The lowest BCUT2D eigenvalue weighted by atomic mass is 10.0. The molecule has 0 bridgehead atoms. The van der Waals surface area contributed by atoms with Crippen molar-refractivity contribution in [1.29, 1.82) is 0 Å². The smallest absolute Gasteiger partial charge is 0.322 e. The van der Waals surface area contributed by atoms with Crippen molar-refractivity contribution in [3.05, 3.63) is 84.2 Å². The second-order valence-electron chi connectivity index (χ2n) is 10.1. The average Bonchev–Trinajstić information content (AvgIpc) is 2.91. The number of hydrogen-bond acceptors (Lipinski definition) is 5. The van der Waals surface area contributed by atoms with Crippen molar-refractivity contribution in [2.24, 2.45) is 0 Å². The number of likely N-dealkylation sites (tertiary alicyclic amines) is 1. The Kier molecular flexibility index (Phi) is 10.0. The van der Waals surface area contributed by atoms with E-state index in [9.17, 15) is 17.6 Å². The summed E-state index contributed by atoms with van der Waals surface area (Å²) in [5, 5.41) is 3.16. The molecule has 214 valence electrons. The summed E-state index contributed by atoms with van der Waals surface area (Å²) in [5.74, 6) is 0.958. The number of hydrogen-bond donors (Lipinski definition) is 2. The van der Waals surface area contributed by atoms with Crippen LogP contribution in [0, 0.1) is 5.82 Å². The third kappa shape index (κ3) is 8.96. The van der Waals surface area contributed by atoms with Gasteiger partial charge in [-0.1, -0.05) is 31.5 Å². The van der Waals surface area contributed by atoms with Crippen molar-refractivity contribution in [2.45, 2.75) is 45.2 Å². The van der Waals surface area contributed by atoms with Gasteiger partial charge < -0.3 is 10.1 Å². The zero-order valence-electron chi connectivity index (χ0n) is 23.0. The predicted octanol–water partition coefficient (Wildman–Crippen LogP) is 5.97. The van der Waals surface area contributed by atoms with E-state index in [4.69, 9.17) is 4.74 Å². The van der Waals surface area contributed by atoms with E-state index in [0.29, 0.717) is 29.4 Å². The van der Waals surface area contributed by atoms with Gasteiger partial charge in [0, 0.05) is 43.6 Å². The summed E-state index contributed by atoms with van der Waals surface area (Å²) in [6.45, 7) is 5.16. The molecule has 1 aliphatic rings. The highest BCUT2D eigenvalue weighted by Crippen LogP contribution is 2.25. The van der Waals surface area contributed by atoms with E-state index >= 15 is 0 Å². The molecule has 2 N–H and O–H groups in total. The summed E-state index contributed by atoms with van der Waals surface area (Å²) in [5.41, 5.74) is 2.23. The van der Waals surface area contributed by atoms with Crippen LogP contribution in [0.1, 0.15) is 38.2 Å². The number of amides is 2. The lowest BCUT2D eigenvalue weighted by Gasteiger charge is -2.34. The maximum atomic E-state index is 13.8. The lowest BCUT2D eigenvalue weighted by Crippen LogP contribution is -2.49. The largest absolute Gasteiger partial charge is 0.457 e. The van der Waals surface area contributed by atoms with Crippen molar-refractivity contribution in [3.63, 3.8) is 0 Å². The fraction of sp³-hybridized carbons (Fsp3) is 0.367. The summed E-state index contributed by atoms with van der Waals surface area (Å²) in [4.78, 5) is 17.1. The third-order valence-electron chi connectivity index (χ3n) is 6.74. The molecular formula is C30H37FN4O4S. The lowest BCUT2D eigenvalue weighted by molar-refractivity contribution is 0.188. The number of rotatable bonds is 11. The van der Waals surface area contributed by atoms with Crippen LogP contribution in [0.2, 0.25) is 0 Å². The molecular weight excluding hydrogens is 531 g/mol. The molecule has 1 saturated heterocycles. The highest BCUT2D eigenvalue weighted by Gasteiger charge is 2.24. The van der Waals surface area contributed by atoms with Crippen LogP contribution in [-0.4, -0.2) is 51.3 Å². The van der Waals surface area contributed by atoms with Crippen LogP contribution in [0.3, 0.4) is 0 Å². The Labute approximate surface area is 236 Å². The van der Waals surface area contributed by atoms with Crippen LogP contribution in [0.5, 0.6) is 11.5 Å². The van der Waals surface area contributed by atoms with Gasteiger partial charge in [0.15, 0.2) is 0 Å². The minimum Gasteiger partial charge on any atom is -0.457 e. The quantitative estimate of drug-likeness (QED) is 0.297. The summed E-state index contributed by atoms with van der Waals surface area (Å²) >= 11 is 0. The van der Waals surface area contributed by atoms with Crippen LogP contribution in [0.15, 0.2) is 72.8 Å². The van der Waals surface area contributed by atoms with Crippen molar-refractivity contribution >= 4 is 27.4 Å². The molecule has 2 amide bonds. The van der Waals surface area contributed by atoms with Gasteiger partial charge in [-0.3, -0.25) is 14.5 Å². The number of piperidine rings is 1. The normalized spacial score (nSPS) is 14.5. The number of nitrogens with zero attached hydrogens (tertiary/aromatic N) is 2. The van der Waals surface area contributed by atoms with E-state index in [2.05, 4.69) is 21.9 Å². The zero-order valence-corrected chi connectivity index (χ0v) is 23.8. The average molecular weight is 569 g/mol. The van der Waals surface area contributed by atoms with E-state index in [0.717, 1.165) is 51.6 Å². The Morgan fingerprint density at radius 1 is 1.02 bits per heavy atom. The minimum atomic E-state index is -3.32. The molecule has 0 aliphatic carbocycles. The molecule has 4 rings (SSSR count). The summed E-state index contributed by atoms with van der Waals surface area (Å²) in [7, 11) is -3.32. The summed E-state index contributed by atoms with van der Waals surface area (Å²) in [6, 6.07) is 20.7. The topological polar surface area (TPSA) is 91.0 Å². The number of benzene rings is 3. The fourth-order valence-electron chi connectivity index (χ4n) is 4.66. The molecule has 1 fully saturated rings. The SMILES string of the molecule is CCCCN(C(=O)NC1CCN(Cc2ccc(Oc3ccc(NS(C)(=O)=O)cc3)cc2)CC1)c1cccc(F)c1. The first kappa shape index (κ1) is 29.4. The Hall–Kier alpha value is -3.63. The van der Waals surface area contributed by atoms with Gasteiger partial charge in [-0.2, -0.15) is 0 Å². The number of anilines is 2. The maximum absolute atomic E-state index is 13.8. The van der Waals surface area contributed by atoms with Crippen LogP contribution >= 0.6 is 0 Å². The first-order chi connectivity index (χ1) is 19.2. The fourth-order valence-corrected chi connectivity index (χ4v) is 5.22. The number of carbonyl (C=O) groups is 1. The number of halogens is 1. The molecule has 0 atom stereocenters. The Morgan fingerprint density at radius 3 is 2.27 bits per heavy atom. The van der Waals surface area contributed by atoms with E-state index in [1.165, 1.54) is 17.7 Å². The van der Waals surface area contributed by atoms with E-state index in [1.807, 2.05) is 24.3 Å². The Morgan fingerprint density at radius 2 is 1.68 bits per heavy atom. The van der Waals surface area contributed by atoms with Crippen molar-refractivity contribution in [2.75, 3.05) is 35.5 Å². The Balaban J connectivity index is 1.24. The molecule has 0 radical (unpaired) electrons. The molecule has 40 heavy (non-hydrogen) atoms. The third-order valence-corrected chi connectivity index (χ3v) is 7.34. The monoisotopic (exact) mass is 568 g/mol.